The van der Waals surface area contributed by atoms with Gasteiger partial charge in [-0.05, 0) is 43.3 Å². The van der Waals surface area contributed by atoms with Crippen LogP contribution in [0.5, 0.6) is 0 Å². The molecule has 116 valence electrons. The SMILES string of the molecule is Cc1ccc(S(=O)(=O)c2ccccc2Nc2ccccc2)cc1. The van der Waals surface area contributed by atoms with Crippen LogP contribution in [0.4, 0.5) is 11.4 Å². The molecule has 0 amide bonds. The molecular formula is C19H17NO2S. The number of anilines is 2. The summed E-state index contributed by atoms with van der Waals surface area (Å²) < 4.78 is 25.8. The Morgan fingerprint density at radius 2 is 1.35 bits per heavy atom. The fourth-order valence-electron chi connectivity index (χ4n) is 2.33. The monoisotopic (exact) mass is 323 g/mol. The van der Waals surface area contributed by atoms with Gasteiger partial charge in [0.1, 0.15) is 0 Å². The summed E-state index contributed by atoms with van der Waals surface area (Å²) in [6, 6.07) is 23.4. The van der Waals surface area contributed by atoms with E-state index in [1.54, 1.807) is 42.5 Å². The first-order chi connectivity index (χ1) is 11.1. The van der Waals surface area contributed by atoms with Gasteiger partial charge in [0, 0.05) is 5.69 Å². The minimum Gasteiger partial charge on any atom is -0.354 e. The molecular weight excluding hydrogens is 306 g/mol. The van der Waals surface area contributed by atoms with Gasteiger partial charge < -0.3 is 5.32 Å². The number of aryl methyl sites for hydroxylation is 1. The highest BCUT2D eigenvalue weighted by molar-refractivity contribution is 7.91. The average molecular weight is 323 g/mol. The number of para-hydroxylation sites is 2. The molecule has 0 unspecified atom stereocenters. The minimum atomic E-state index is -3.57. The number of benzene rings is 3. The maximum Gasteiger partial charge on any atom is 0.208 e. The minimum absolute atomic E-state index is 0.271. The Labute approximate surface area is 136 Å². The van der Waals surface area contributed by atoms with Gasteiger partial charge in [-0.25, -0.2) is 8.42 Å². The topological polar surface area (TPSA) is 46.2 Å². The van der Waals surface area contributed by atoms with Crippen LogP contribution in [0, 0.1) is 6.92 Å². The number of hydrogen-bond acceptors (Lipinski definition) is 3. The molecule has 0 spiro atoms. The summed E-state index contributed by atoms with van der Waals surface area (Å²) in [5.74, 6) is 0. The highest BCUT2D eigenvalue weighted by atomic mass is 32.2. The van der Waals surface area contributed by atoms with Crippen molar-refractivity contribution in [2.24, 2.45) is 0 Å². The fraction of sp³-hybridized carbons (Fsp3) is 0.0526. The molecule has 3 aromatic rings. The van der Waals surface area contributed by atoms with Crippen LogP contribution in [0.15, 0.2) is 88.7 Å². The van der Waals surface area contributed by atoms with Crippen LogP contribution in [-0.4, -0.2) is 8.42 Å². The Bertz CT molecular complexity index is 902. The van der Waals surface area contributed by atoms with Gasteiger partial charge >= 0.3 is 0 Å². The standard InChI is InChI=1S/C19H17NO2S/c1-15-11-13-17(14-12-15)23(21,22)19-10-6-5-9-18(19)20-16-7-3-2-4-8-16/h2-14,20H,1H3. The predicted octanol–water partition coefficient (Wildman–Crippen LogP) is 4.57. The lowest BCUT2D eigenvalue weighted by Gasteiger charge is -2.13. The zero-order chi connectivity index (χ0) is 16.3. The van der Waals surface area contributed by atoms with Crippen LogP contribution in [0.1, 0.15) is 5.56 Å². The molecule has 0 aromatic heterocycles. The molecule has 0 atom stereocenters. The molecule has 3 nitrogen and oxygen atoms in total. The zero-order valence-corrected chi connectivity index (χ0v) is 13.5. The molecule has 0 heterocycles. The fourth-order valence-corrected chi connectivity index (χ4v) is 3.74. The Balaban J connectivity index is 2.04. The van der Waals surface area contributed by atoms with E-state index in [9.17, 15) is 8.42 Å². The summed E-state index contributed by atoms with van der Waals surface area (Å²) >= 11 is 0. The Hall–Kier alpha value is -2.59. The molecule has 4 heteroatoms. The third-order valence-corrected chi connectivity index (χ3v) is 5.39. The van der Waals surface area contributed by atoms with Gasteiger partial charge in [-0.3, -0.25) is 0 Å². The van der Waals surface area contributed by atoms with Crippen molar-refractivity contribution >= 4 is 21.2 Å². The molecule has 0 aliphatic carbocycles. The largest absolute Gasteiger partial charge is 0.354 e. The highest BCUT2D eigenvalue weighted by Crippen LogP contribution is 2.29. The van der Waals surface area contributed by atoms with Crippen LogP contribution in [0.25, 0.3) is 0 Å². The second-order valence-corrected chi connectivity index (χ2v) is 7.22. The lowest BCUT2D eigenvalue weighted by molar-refractivity contribution is 0.596. The zero-order valence-electron chi connectivity index (χ0n) is 12.7. The van der Waals surface area contributed by atoms with Crippen molar-refractivity contribution in [1.29, 1.82) is 0 Å². The second kappa shape index (κ2) is 6.26. The van der Waals surface area contributed by atoms with Crippen molar-refractivity contribution in [2.75, 3.05) is 5.32 Å². The number of rotatable bonds is 4. The van der Waals surface area contributed by atoms with Crippen molar-refractivity contribution in [3.8, 4) is 0 Å². The van der Waals surface area contributed by atoms with E-state index in [4.69, 9.17) is 0 Å². The van der Waals surface area contributed by atoms with E-state index in [2.05, 4.69) is 5.32 Å². The van der Waals surface area contributed by atoms with Gasteiger partial charge in [-0.15, -0.1) is 0 Å². The summed E-state index contributed by atoms with van der Waals surface area (Å²) in [5.41, 5.74) is 2.44. The van der Waals surface area contributed by atoms with Crippen molar-refractivity contribution < 1.29 is 8.42 Å². The molecule has 0 saturated heterocycles. The van der Waals surface area contributed by atoms with E-state index in [0.717, 1.165) is 11.3 Å². The molecule has 0 radical (unpaired) electrons. The molecule has 0 fully saturated rings. The first kappa shape index (κ1) is 15.3. The second-order valence-electron chi connectivity index (χ2n) is 5.30. The van der Waals surface area contributed by atoms with Gasteiger partial charge in [0.05, 0.1) is 15.5 Å². The number of nitrogens with one attached hydrogen (secondary N) is 1. The maximum atomic E-state index is 12.9. The van der Waals surface area contributed by atoms with Crippen molar-refractivity contribution in [2.45, 2.75) is 16.7 Å². The number of hydrogen-bond donors (Lipinski definition) is 1. The van der Waals surface area contributed by atoms with Crippen LogP contribution in [0.3, 0.4) is 0 Å². The van der Waals surface area contributed by atoms with E-state index in [0.29, 0.717) is 10.6 Å². The van der Waals surface area contributed by atoms with E-state index < -0.39 is 9.84 Å². The molecule has 0 aliphatic heterocycles. The Kier molecular flexibility index (Phi) is 4.17. The molecule has 0 bridgehead atoms. The van der Waals surface area contributed by atoms with E-state index >= 15 is 0 Å². The van der Waals surface area contributed by atoms with Crippen LogP contribution in [0.2, 0.25) is 0 Å². The Morgan fingerprint density at radius 1 is 0.739 bits per heavy atom. The molecule has 0 saturated carbocycles. The summed E-state index contributed by atoms with van der Waals surface area (Å²) in [6.45, 7) is 1.93. The third kappa shape index (κ3) is 3.27. The normalized spacial score (nSPS) is 11.2. The number of sulfone groups is 1. The smallest absolute Gasteiger partial charge is 0.208 e. The summed E-state index contributed by atoms with van der Waals surface area (Å²) in [5, 5.41) is 3.18. The molecule has 23 heavy (non-hydrogen) atoms. The van der Waals surface area contributed by atoms with E-state index in [1.807, 2.05) is 43.3 Å². The van der Waals surface area contributed by atoms with Crippen molar-refractivity contribution in [1.82, 2.24) is 0 Å². The van der Waals surface area contributed by atoms with Crippen molar-refractivity contribution in [3.63, 3.8) is 0 Å². The maximum absolute atomic E-state index is 12.9. The molecule has 3 rings (SSSR count). The predicted molar refractivity (Wildman–Crippen MR) is 92.8 cm³/mol. The Morgan fingerprint density at radius 3 is 2.04 bits per heavy atom. The van der Waals surface area contributed by atoms with Crippen molar-refractivity contribution in [3.05, 3.63) is 84.4 Å². The lowest BCUT2D eigenvalue weighted by atomic mass is 10.2. The first-order valence-electron chi connectivity index (χ1n) is 7.30. The van der Waals surface area contributed by atoms with E-state index in [1.165, 1.54) is 0 Å². The molecule has 1 N–H and O–H groups in total. The van der Waals surface area contributed by atoms with Gasteiger partial charge in [0.2, 0.25) is 9.84 Å². The first-order valence-corrected chi connectivity index (χ1v) is 8.78. The van der Waals surface area contributed by atoms with Crippen LogP contribution in [-0.2, 0) is 9.84 Å². The van der Waals surface area contributed by atoms with E-state index in [-0.39, 0.29) is 4.90 Å². The van der Waals surface area contributed by atoms with Gasteiger partial charge in [0.25, 0.3) is 0 Å². The summed E-state index contributed by atoms with van der Waals surface area (Å²) in [6.07, 6.45) is 0. The van der Waals surface area contributed by atoms with Crippen LogP contribution < -0.4 is 5.32 Å². The quantitative estimate of drug-likeness (QED) is 0.765. The van der Waals surface area contributed by atoms with Crippen LogP contribution >= 0.6 is 0 Å². The molecule has 3 aromatic carbocycles. The summed E-state index contributed by atoms with van der Waals surface area (Å²) in [4.78, 5) is 0.568. The lowest BCUT2D eigenvalue weighted by Crippen LogP contribution is -2.05. The highest BCUT2D eigenvalue weighted by Gasteiger charge is 2.20. The third-order valence-electron chi connectivity index (χ3n) is 3.56. The summed E-state index contributed by atoms with van der Waals surface area (Å²) in [7, 11) is -3.57. The average Bonchev–Trinajstić information content (AvgIpc) is 2.56. The van der Waals surface area contributed by atoms with Gasteiger partial charge in [-0.1, -0.05) is 48.0 Å². The molecule has 0 aliphatic rings. The van der Waals surface area contributed by atoms with Gasteiger partial charge in [-0.2, -0.15) is 0 Å². The van der Waals surface area contributed by atoms with Gasteiger partial charge in [0.15, 0.2) is 0 Å².